The lowest BCUT2D eigenvalue weighted by Gasteiger charge is -2.34. The third-order valence-electron chi connectivity index (χ3n) is 10.5. The summed E-state index contributed by atoms with van der Waals surface area (Å²) in [5, 5.41) is 5.11. The number of nitrogens with zero attached hydrogens (tertiary/aromatic N) is 1. The van der Waals surface area contributed by atoms with Crippen LogP contribution in [0.15, 0.2) is 182 Å². The molecule has 0 atom stereocenters. The van der Waals surface area contributed by atoms with E-state index >= 15 is 0 Å². The van der Waals surface area contributed by atoms with Crippen molar-refractivity contribution < 1.29 is 0 Å². The van der Waals surface area contributed by atoms with Gasteiger partial charge in [-0.15, -0.1) is 11.3 Å². The van der Waals surface area contributed by atoms with Crippen LogP contribution in [-0.2, 0) is 5.41 Å². The number of benzene rings is 7. The topological polar surface area (TPSA) is 3.24 Å². The minimum atomic E-state index is -0.426. The molecule has 0 bridgehead atoms. The first kappa shape index (κ1) is 28.3. The molecule has 1 aromatic heterocycles. The highest BCUT2D eigenvalue weighted by molar-refractivity contribution is 7.26. The molecule has 1 heterocycles. The highest BCUT2D eigenvalue weighted by Crippen LogP contribution is 2.58. The van der Waals surface area contributed by atoms with Gasteiger partial charge in [-0.2, -0.15) is 0 Å². The van der Waals surface area contributed by atoms with E-state index < -0.39 is 5.41 Å². The smallest absolute Gasteiger partial charge is 0.0727 e. The fourth-order valence-corrected chi connectivity index (χ4v) is 9.75. The number of rotatable bonds is 5. The molecule has 2 aliphatic carbocycles. The lowest BCUT2D eigenvalue weighted by molar-refractivity contribution is 0.778. The minimum Gasteiger partial charge on any atom is -0.310 e. The van der Waals surface area contributed by atoms with Crippen LogP contribution in [0.25, 0.3) is 42.1 Å². The molecule has 10 rings (SSSR count). The minimum absolute atomic E-state index is 0.426. The Hall–Kier alpha value is -5.70. The standard InChI is InChI=1S/C47H33NS/c1-3-17-33(18-4-1)47(41-25-11-9-22-37(41)38-23-10-12-26-42(38)47)43-27-14-24-39-40-31-35(29-30-45(40)49-46(39)43)48(34-19-5-2-6-20-34)44-28-13-16-32-15-7-8-21-36(32)44/h1,3-5,7-31H,2,6H2. The highest BCUT2D eigenvalue weighted by Gasteiger charge is 2.46. The lowest BCUT2D eigenvalue weighted by atomic mass is 9.67. The van der Waals surface area contributed by atoms with Gasteiger partial charge in [0.25, 0.3) is 0 Å². The van der Waals surface area contributed by atoms with Crippen LogP contribution in [0.3, 0.4) is 0 Å². The molecular weight excluding hydrogens is 611 g/mol. The van der Waals surface area contributed by atoms with E-state index in [9.17, 15) is 0 Å². The highest BCUT2D eigenvalue weighted by atomic mass is 32.1. The molecule has 1 nitrogen and oxygen atoms in total. The van der Waals surface area contributed by atoms with Crippen molar-refractivity contribution in [2.24, 2.45) is 0 Å². The van der Waals surface area contributed by atoms with Gasteiger partial charge in [0.05, 0.1) is 11.1 Å². The second-order valence-corrected chi connectivity index (χ2v) is 14.2. The SMILES string of the molecule is C1=CC(N(c2ccc3sc4c(C5(c6ccccc6)c6ccccc6-c6ccccc65)cccc4c3c2)c2cccc3ccccc23)=CCC1. The van der Waals surface area contributed by atoms with Gasteiger partial charge >= 0.3 is 0 Å². The van der Waals surface area contributed by atoms with Gasteiger partial charge in [0, 0.05) is 36.9 Å². The summed E-state index contributed by atoms with van der Waals surface area (Å²) >= 11 is 1.92. The second-order valence-electron chi connectivity index (χ2n) is 13.1. The van der Waals surface area contributed by atoms with Crippen LogP contribution in [0.2, 0.25) is 0 Å². The molecule has 0 spiro atoms. The molecule has 2 heteroatoms. The first-order chi connectivity index (χ1) is 24.3. The maximum Gasteiger partial charge on any atom is 0.0727 e. The van der Waals surface area contributed by atoms with E-state index in [0.29, 0.717) is 0 Å². The summed E-state index contributed by atoms with van der Waals surface area (Å²) in [6, 6.07) is 58.6. The van der Waals surface area contributed by atoms with E-state index in [2.05, 4.69) is 181 Å². The molecular formula is C47H33NS. The summed E-state index contributed by atoms with van der Waals surface area (Å²) in [7, 11) is 0. The van der Waals surface area contributed by atoms with Crippen LogP contribution in [0, 0.1) is 0 Å². The molecule has 0 amide bonds. The zero-order valence-electron chi connectivity index (χ0n) is 27.0. The molecule has 8 aromatic rings. The Morgan fingerprint density at radius 1 is 0.531 bits per heavy atom. The largest absolute Gasteiger partial charge is 0.310 e. The number of fused-ring (bicyclic) bond motifs is 7. The van der Waals surface area contributed by atoms with Crippen molar-refractivity contribution in [3.8, 4) is 11.1 Å². The van der Waals surface area contributed by atoms with Crippen LogP contribution in [-0.4, -0.2) is 0 Å². The Morgan fingerprint density at radius 2 is 1.20 bits per heavy atom. The average molecular weight is 644 g/mol. The number of anilines is 2. The molecule has 7 aromatic carbocycles. The summed E-state index contributed by atoms with van der Waals surface area (Å²) in [5.74, 6) is 0. The average Bonchev–Trinajstić information content (AvgIpc) is 3.70. The van der Waals surface area contributed by atoms with E-state index in [0.717, 1.165) is 12.8 Å². The molecule has 0 unspecified atom stereocenters. The Kier molecular flexibility index (Phi) is 6.47. The van der Waals surface area contributed by atoms with Gasteiger partial charge in [-0.05, 0) is 82.0 Å². The first-order valence-electron chi connectivity index (χ1n) is 17.2. The molecule has 232 valence electrons. The molecule has 2 aliphatic rings. The van der Waals surface area contributed by atoms with Crippen LogP contribution in [0.5, 0.6) is 0 Å². The number of hydrogen-bond donors (Lipinski definition) is 0. The maximum absolute atomic E-state index is 2.46. The Labute approximate surface area is 290 Å². The van der Waals surface area contributed by atoms with Gasteiger partial charge < -0.3 is 4.90 Å². The van der Waals surface area contributed by atoms with Crippen molar-refractivity contribution in [2.45, 2.75) is 18.3 Å². The summed E-state index contributed by atoms with van der Waals surface area (Å²) < 4.78 is 2.65. The van der Waals surface area contributed by atoms with Gasteiger partial charge in [-0.25, -0.2) is 0 Å². The summed E-state index contributed by atoms with van der Waals surface area (Å²) in [4.78, 5) is 2.46. The number of thiophene rings is 1. The zero-order chi connectivity index (χ0) is 32.4. The van der Waals surface area contributed by atoms with Crippen molar-refractivity contribution in [2.75, 3.05) is 4.90 Å². The molecule has 0 saturated carbocycles. The van der Waals surface area contributed by atoms with Crippen molar-refractivity contribution in [3.63, 3.8) is 0 Å². The summed E-state index contributed by atoms with van der Waals surface area (Å²) in [6.07, 6.45) is 9.11. The van der Waals surface area contributed by atoms with Crippen molar-refractivity contribution in [1.82, 2.24) is 0 Å². The molecule has 49 heavy (non-hydrogen) atoms. The maximum atomic E-state index is 2.46. The molecule has 0 fully saturated rings. The molecule has 0 radical (unpaired) electrons. The van der Waals surface area contributed by atoms with E-state index in [4.69, 9.17) is 0 Å². The van der Waals surface area contributed by atoms with Crippen LogP contribution in [0.1, 0.15) is 35.1 Å². The Bertz CT molecular complexity index is 2570. The predicted octanol–water partition coefficient (Wildman–Crippen LogP) is 12.9. The van der Waals surface area contributed by atoms with Gasteiger partial charge in [0.15, 0.2) is 0 Å². The number of hydrogen-bond acceptors (Lipinski definition) is 2. The quantitative estimate of drug-likeness (QED) is 0.180. The van der Waals surface area contributed by atoms with E-state index in [1.165, 1.54) is 81.4 Å². The Morgan fingerprint density at radius 3 is 2.00 bits per heavy atom. The third kappa shape index (κ3) is 4.17. The fraction of sp³-hybridized carbons (Fsp3) is 0.0638. The zero-order valence-corrected chi connectivity index (χ0v) is 27.8. The molecule has 0 N–H and O–H groups in total. The van der Waals surface area contributed by atoms with Crippen molar-refractivity contribution in [1.29, 1.82) is 0 Å². The molecule has 0 aliphatic heterocycles. The second kappa shape index (κ2) is 11.2. The van der Waals surface area contributed by atoms with Crippen LogP contribution < -0.4 is 4.90 Å². The van der Waals surface area contributed by atoms with Gasteiger partial charge in [-0.1, -0.05) is 146 Å². The predicted molar refractivity (Wildman–Crippen MR) is 209 cm³/mol. The van der Waals surface area contributed by atoms with Gasteiger partial charge in [0.1, 0.15) is 0 Å². The van der Waals surface area contributed by atoms with Gasteiger partial charge in [0.2, 0.25) is 0 Å². The third-order valence-corrected chi connectivity index (χ3v) is 11.8. The fourth-order valence-electron chi connectivity index (χ4n) is 8.50. The van der Waals surface area contributed by atoms with Crippen LogP contribution >= 0.6 is 11.3 Å². The molecule has 0 saturated heterocycles. The normalized spacial score (nSPS) is 14.6. The van der Waals surface area contributed by atoms with Crippen molar-refractivity contribution >= 4 is 53.7 Å². The summed E-state index contributed by atoms with van der Waals surface area (Å²) in [5.41, 5.74) is 11.2. The van der Waals surface area contributed by atoms with Crippen LogP contribution in [0.4, 0.5) is 11.4 Å². The van der Waals surface area contributed by atoms with E-state index in [-0.39, 0.29) is 0 Å². The van der Waals surface area contributed by atoms with Gasteiger partial charge in [-0.3, -0.25) is 0 Å². The Balaban J connectivity index is 1.24. The van der Waals surface area contributed by atoms with E-state index in [1.54, 1.807) is 0 Å². The first-order valence-corrected chi connectivity index (χ1v) is 18.0. The number of allylic oxidation sites excluding steroid dienone is 3. The van der Waals surface area contributed by atoms with E-state index in [1.807, 2.05) is 11.3 Å². The van der Waals surface area contributed by atoms with Crippen molar-refractivity contribution in [3.05, 3.63) is 204 Å². The lowest BCUT2D eigenvalue weighted by Crippen LogP contribution is -2.28. The summed E-state index contributed by atoms with van der Waals surface area (Å²) in [6.45, 7) is 0. The monoisotopic (exact) mass is 643 g/mol.